The quantitative estimate of drug-likeness (QED) is 0.853. The molecule has 1 fully saturated rings. The van der Waals surface area contributed by atoms with E-state index < -0.39 is 0 Å². The number of carbonyl (C=O) groups is 1. The van der Waals surface area contributed by atoms with E-state index in [0.717, 1.165) is 37.7 Å². The fourth-order valence-electron chi connectivity index (χ4n) is 2.84. The molecule has 0 atom stereocenters. The molecule has 2 aromatic rings. The zero-order chi connectivity index (χ0) is 16.2. The Morgan fingerprint density at radius 2 is 1.96 bits per heavy atom. The Morgan fingerprint density at radius 3 is 2.56 bits per heavy atom. The van der Waals surface area contributed by atoms with E-state index >= 15 is 0 Å². The molecule has 0 spiro atoms. The number of piperazine rings is 1. The summed E-state index contributed by atoms with van der Waals surface area (Å²) in [5, 5.41) is 2.62. The zero-order valence-corrected chi connectivity index (χ0v) is 16.6. The van der Waals surface area contributed by atoms with Gasteiger partial charge in [0.2, 0.25) is 0 Å². The summed E-state index contributed by atoms with van der Waals surface area (Å²) in [4.78, 5) is 21.0. The molecule has 2 heterocycles. The number of halogens is 2. The summed E-state index contributed by atoms with van der Waals surface area (Å²) in [7, 11) is 0. The summed E-state index contributed by atoms with van der Waals surface area (Å²) in [5.74, 6) is 0.0242. The summed E-state index contributed by atoms with van der Waals surface area (Å²) >= 11 is 1.45. The Kier molecular flexibility index (Phi) is 8.82. The van der Waals surface area contributed by atoms with Crippen LogP contribution in [0.1, 0.15) is 26.6 Å². The average Bonchev–Trinajstić information content (AvgIpc) is 3.04. The van der Waals surface area contributed by atoms with Crippen molar-refractivity contribution in [2.24, 2.45) is 5.73 Å². The summed E-state index contributed by atoms with van der Waals surface area (Å²) in [5.41, 5.74) is 8.71. The number of aromatic nitrogens is 1. The third-order valence-electron chi connectivity index (χ3n) is 4.09. The average molecular weight is 403 g/mol. The first-order valence-corrected chi connectivity index (χ1v) is 8.75. The number of nitrogens with two attached hydrogens (primary N) is 1. The monoisotopic (exact) mass is 402 g/mol. The van der Waals surface area contributed by atoms with Crippen molar-refractivity contribution >= 4 is 42.1 Å². The Balaban J connectivity index is 0.00000156. The molecule has 0 radical (unpaired) electrons. The van der Waals surface area contributed by atoms with Gasteiger partial charge in [-0.1, -0.05) is 29.8 Å². The second-order valence-corrected chi connectivity index (χ2v) is 6.83. The van der Waals surface area contributed by atoms with Gasteiger partial charge in [-0.25, -0.2) is 4.98 Å². The molecular formula is C17H24Cl2N4OS. The van der Waals surface area contributed by atoms with E-state index in [1.165, 1.54) is 22.5 Å². The number of hydrogen-bond acceptors (Lipinski definition) is 5. The Labute approximate surface area is 165 Å². The number of amides is 1. The molecular weight excluding hydrogens is 379 g/mol. The molecule has 3 rings (SSSR count). The van der Waals surface area contributed by atoms with Gasteiger partial charge in [0.1, 0.15) is 10.7 Å². The van der Waals surface area contributed by atoms with E-state index in [9.17, 15) is 4.79 Å². The number of nitrogens with zero attached hydrogens (tertiary/aromatic N) is 3. The first-order valence-electron chi connectivity index (χ1n) is 7.87. The molecule has 1 saturated heterocycles. The molecule has 0 unspecified atom stereocenters. The van der Waals surface area contributed by atoms with Crippen LogP contribution in [0.2, 0.25) is 0 Å². The molecule has 0 saturated carbocycles. The smallest absolute Gasteiger partial charge is 0.273 e. The normalized spacial score (nSPS) is 14.6. The highest BCUT2D eigenvalue weighted by Gasteiger charge is 2.23. The van der Waals surface area contributed by atoms with Gasteiger partial charge in [-0.2, -0.15) is 0 Å². The lowest BCUT2D eigenvalue weighted by Gasteiger charge is -2.34. The zero-order valence-electron chi connectivity index (χ0n) is 14.2. The molecule has 1 aromatic heterocycles. The molecule has 1 aromatic carbocycles. The SMILES string of the molecule is Cc1cccc(CN2CCN(C(=O)c3csc(CN)n3)CC2)c1.Cl.Cl. The molecule has 25 heavy (non-hydrogen) atoms. The first kappa shape index (κ1) is 21.9. The van der Waals surface area contributed by atoms with Crippen molar-refractivity contribution in [3.63, 3.8) is 0 Å². The van der Waals surface area contributed by atoms with Crippen LogP contribution in [0, 0.1) is 6.92 Å². The van der Waals surface area contributed by atoms with Crippen LogP contribution in [0.5, 0.6) is 0 Å². The van der Waals surface area contributed by atoms with Crippen LogP contribution in [-0.4, -0.2) is 46.9 Å². The Hall–Kier alpha value is -1.18. The summed E-state index contributed by atoms with van der Waals surface area (Å²) < 4.78 is 0. The number of aryl methyl sites for hydroxylation is 1. The number of thiazole rings is 1. The lowest BCUT2D eigenvalue weighted by molar-refractivity contribution is 0.0623. The molecule has 1 aliphatic heterocycles. The van der Waals surface area contributed by atoms with Gasteiger partial charge in [0.05, 0.1) is 0 Å². The number of hydrogen-bond donors (Lipinski definition) is 1. The fourth-order valence-corrected chi connectivity index (χ4v) is 3.49. The number of carbonyl (C=O) groups excluding carboxylic acids is 1. The second kappa shape index (κ2) is 10.1. The molecule has 2 N–H and O–H groups in total. The van der Waals surface area contributed by atoms with Gasteiger partial charge in [0.25, 0.3) is 5.91 Å². The van der Waals surface area contributed by atoms with Gasteiger partial charge in [-0.05, 0) is 12.5 Å². The standard InChI is InChI=1S/C17H22N4OS.2ClH/c1-13-3-2-4-14(9-13)11-20-5-7-21(8-6-20)17(22)15-12-23-16(10-18)19-15;;/h2-4,9,12H,5-8,10-11,18H2,1H3;2*1H. The van der Waals surface area contributed by atoms with Crippen molar-refractivity contribution in [3.05, 3.63) is 51.5 Å². The van der Waals surface area contributed by atoms with Crippen molar-refractivity contribution in [3.8, 4) is 0 Å². The summed E-state index contributed by atoms with van der Waals surface area (Å²) in [6.07, 6.45) is 0. The molecule has 1 amide bonds. The Morgan fingerprint density at radius 1 is 1.24 bits per heavy atom. The van der Waals surface area contributed by atoms with E-state index in [0.29, 0.717) is 12.2 Å². The van der Waals surface area contributed by atoms with Crippen molar-refractivity contribution in [2.75, 3.05) is 26.2 Å². The van der Waals surface area contributed by atoms with Crippen LogP contribution < -0.4 is 5.73 Å². The Bertz CT molecular complexity index is 687. The fraction of sp³-hybridized carbons (Fsp3) is 0.412. The van der Waals surface area contributed by atoms with Gasteiger partial charge < -0.3 is 10.6 Å². The maximum Gasteiger partial charge on any atom is 0.273 e. The van der Waals surface area contributed by atoms with Crippen LogP contribution in [-0.2, 0) is 13.1 Å². The van der Waals surface area contributed by atoms with Crippen LogP contribution in [0.15, 0.2) is 29.6 Å². The minimum atomic E-state index is 0. The van der Waals surface area contributed by atoms with Crippen molar-refractivity contribution in [1.29, 1.82) is 0 Å². The van der Waals surface area contributed by atoms with Gasteiger partial charge in [-0.15, -0.1) is 36.2 Å². The second-order valence-electron chi connectivity index (χ2n) is 5.89. The molecule has 0 bridgehead atoms. The van der Waals surface area contributed by atoms with Crippen LogP contribution in [0.3, 0.4) is 0 Å². The topological polar surface area (TPSA) is 62.5 Å². The van der Waals surface area contributed by atoms with E-state index in [2.05, 4.69) is 41.1 Å². The van der Waals surface area contributed by atoms with Crippen molar-refractivity contribution < 1.29 is 4.79 Å². The lowest BCUT2D eigenvalue weighted by Crippen LogP contribution is -2.48. The molecule has 0 aliphatic carbocycles. The highest BCUT2D eigenvalue weighted by molar-refractivity contribution is 7.09. The van der Waals surface area contributed by atoms with Crippen LogP contribution in [0.4, 0.5) is 0 Å². The van der Waals surface area contributed by atoms with Gasteiger partial charge in [0.15, 0.2) is 0 Å². The molecule has 8 heteroatoms. The van der Waals surface area contributed by atoms with E-state index in [-0.39, 0.29) is 30.7 Å². The van der Waals surface area contributed by atoms with Crippen molar-refractivity contribution in [2.45, 2.75) is 20.0 Å². The van der Waals surface area contributed by atoms with Gasteiger partial charge in [-0.3, -0.25) is 9.69 Å². The van der Waals surface area contributed by atoms with Gasteiger partial charge >= 0.3 is 0 Å². The maximum absolute atomic E-state index is 12.4. The third kappa shape index (κ3) is 5.66. The van der Waals surface area contributed by atoms with Gasteiger partial charge in [0, 0.05) is 44.6 Å². The maximum atomic E-state index is 12.4. The minimum Gasteiger partial charge on any atom is -0.335 e. The predicted molar refractivity (Wildman–Crippen MR) is 107 cm³/mol. The number of rotatable bonds is 4. The van der Waals surface area contributed by atoms with E-state index in [1.54, 1.807) is 0 Å². The van der Waals surface area contributed by atoms with Crippen LogP contribution in [0.25, 0.3) is 0 Å². The third-order valence-corrected chi connectivity index (χ3v) is 4.96. The summed E-state index contributed by atoms with van der Waals surface area (Å²) in [6.45, 7) is 6.74. The highest BCUT2D eigenvalue weighted by Crippen LogP contribution is 2.14. The van der Waals surface area contributed by atoms with Crippen LogP contribution >= 0.6 is 36.2 Å². The summed E-state index contributed by atoms with van der Waals surface area (Å²) in [6, 6.07) is 8.60. The van der Waals surface area contributed by atoms with Crippen molar-refractivity contribution in [1.82, 2.24) is 14.8 Å². The largest absolute Gasteiger partial charge is 0.335 e. The minimum absolute atomic E-state index is 0. The predicted octanol–water partition coefficient (Wildman–Crippen LogP) is 2.71. The number of benzene rings is 1. The molecule has 1 aliphatic rings. The molecule has 5 nitrogen and oxygen atoms in total. The highest BCUT2D eigenvalue weighted by atomic mass is 35.5. The van der Waals surface area contributed by atoms with E-state index in [1.807, 2.05) is 10.3 Å². The van der Waals surface area contributed by atoms with E-state index in [4.69, 9.17) is 5.73 Å². The molecule has 138 valence electrons. The first-order chi connectivity index (χ1) is 11.2. The lowest BCUT2D eigenvalue weighted by atomic mass is 10.1.